The second-order valence-electron chi connectivity index (χ2n) is 5.25. The zero-order valence-corrected chi connectivity index (χ0v) is 11.3. The maximum Gasteiger partial charge on any atom is 0.180 e. The van der Waals surface area contributed by atoms with Gasteiger partial charge >= 0.3 is 0 Å². The number of fused-ring (bicyclic) bond motifs is 3. The van der Waals surface area contributed by atoms with Gasteiger partial charge in [-0.25, -0.2) is 4.98 Å². The Morgan fingerprint density at radius 2 is 2.35 bits per heavy atom. The number of thiazole rings is 1. The van der Waals surface area contributed by atoms with Crippen molar-refractivity contribution >= 4 is 16.5 Å². The molecule has 0 spiro atoms. The summed E-state index contributed by atoms with van der Waals surface area (Å²) in [5.74, 6) is 0.660. The van der Waals surface area contributed by atoms with Gasteiger partial charge in [0.05, 0.1) is 5.69 Å². The molecule has 0 aromatic carbocycles. The summed E-state index contributed by atoms with van der Waals surface area (Å²) in [5.41, 5.74) is 7.20. The van der Waals surface area contributed by atoms with Crippen LogP contribution in [-0.2, 0) is 6.42 Å². The van der Waals surface area contributed by atoms with Crippen LogP contribution < -0.4 is 5.73 Å². The Bertz CT molecular complexity index is 399. The molecule has 1 aromatic heterocycles. The van der Waals surface area contributed by atoms with Gasteiger partial charge in [-0.3, -0.25) is 4.90 Å². The Kier molecular flexibility index (Phi) is 3.09. The molecule has 4 heteroatoms. The van der Waals surface area contributed by atoms with Crippen molar-refractivity contribution < 1.29 is 0 Å². The fraction of sp³-hybridized carbons (Fsp3) is 0.769. The third kappa shape index (κ3) is 1.97. The first-order chi connectivity index (χ1) is 8.29. The van der Waals surface area contributed by atoms with E-state index in [1.54, 1.807) is 11.3 Å². The lowest BCUT2D eigenvalue weighted by Gasteiger charge is -2.43. The van der Waals surface area contributed by atoms with E-state index in [2.05, 4.69) is 16.8 Å². The highest BCUT2D eigenvalue weighted by Crippen LogP contribution is 2.42. The van der Waals surface area contributed by atoms with Gasteiger partial charge < -0.3 is 5.73 Å². The molecule has 17 heavy (non-hydrogen) atoms. The number of nitrogens with two attached hydrogens (primary N) is 1. The van der Waals surface area contributed by atoms with Crippen molar-refractivity contribution in [2.75, 3.05) is 18.8 Å². The number of nitrogens with zero attached hydrogens (tertiary/aromatic N) is 2. The number of aromatic nitrogens is 1. The predicted octanol–water partition coefficient (Wildman–Crippen LogP) is 2.63. The zero-order valence-electron chi connectivity index (χ0n) is 10.5. The summed E-state index contributed by atoms with van der Waals surface area (Å²) >= 11 is 1.71. The molecule has 2 heterocycles. The fourth-order valence-corrected chi connectivity index (χ4v) is 4.44. The fourth-order valence-electron chi connectivity index (χ4n) is 3.52. The molecule has 2 aliphatic rings. The van der Waals surface area contributed by atoms with Crippen LogP contribution >= 0.6 is 11.3 Å². The van der Waals surface area contributed by atoms with Crippen LogP contribution in [-0.4, -0.2) is 29.0 Å². The van der Waals surface area contributed by atoms with E-state index in [1.165, 1.54) is 55.8 Å². The number of hydrogen-bond donors (Lipinski definition) is 1. The molecule has 3 nitrogen and oxygen atoms in total. The van der Waals surface area contributed by atoms with E-state index in [4.69, 9.17) is 5.73 Å². The van der Waals surface area contributed by atoms with Crippen LogP contribution in [0, 0.1) is 0 Å². The summed E-state index contributed by atoms with van der Waals surface area (Å²) in [6.45, 7) is 4.80. The van der Waals surface area contributed by atoms with Crippen LogP contribution in [0.3, 0.4) is 0 Å². The molecule has 1 aromatic rings. The number of nitrogen functional groups attached to an aromatic ring is 1. The number of aryl methyl sites for hydroxylation is 1. The standard InChI is InChI=1S/C13H21N3S/c1-2-7-16-8-3-4-9-10(16)5-6-11-12(9)15-13(14)17-11/h9-10H,2-8H2,1H3,(H2,14,15)/t9-,10-/m0/s1. The molecule has 0 amide bonds. The van der Waals surface area contributed by atoms with Crippen molar-refractivity contribution in [1.82, 2.24) is 9.88 Å². The first-order valence-corrected chi connectivity index (χ1v) is 7.60. The first kappa shape index (κ1) is 11.5. The highest BCUT2D eigenvalue weighted by atomic mass is 32.1. The number of hydrogen-bond acceptors (Lipinski definition) is 4. The normalized spacial score (nSPS) is 28.8. The van der Waals surface area contributed by atoms with Crippen molar-refractivity contribution in [3.8, 4) is 0 Å². The molecule has 1 fully saturated rings. The number of anilines is 1. The molecule has 0 radical (unpaired) electrons. The molecular weight excluding hydrogens is 230 g/mol. The number of rotatable bonds is 2. The number of likely N-dealkylation sites (tertiary alicyclic amines) is 1. The summed E-state index contributed by atoms with van der Waals surface area (Å²) in [6, 6.07) is 0.734. The second kappa shape index (κ2) is 4.58. The minimum absolute atomic E-state index is 0.660. The Balaban J connectivity index is 1.87. The van der Waals surface area contributed by atoms with E-state index < -0.39 is 0 Å². The molecule has 94 valence electrons. The first-order valence-electron chi connectivity index (χ1n) is 6.78. The lowest BCUT2D eigenvalue weighted by molar-refractivity contribution is 0.112. The van der Waals surface area contributed by atoms with Crippen LogP contribution in [0.5, 0.6) is 0 Å². The van der Waals surface area contributed by atoms with Crippen molar-refractivity contribution in [2.45, 2.75) is 51.0 Å². The van der Waals surface area contributed by atoms with E-state index in [0.29, 0.717) is 5.92 Å². The third-order valence-corrected chi connectivity index (χ3v) is 5.13. The third-order valence-electron chi connectivity index (χ3n) is 4.17. The largest absolute Gasteiger partial charge is 0.375 e. The Labute approximate surface area is 107 Å². The molecular formula is C13H21N3S. The van der Waals surface area contributed by atoms with Gasteiger partial charge in [0.1, 0.15) is 0 Å². The van der Waals surface area contributed by atoms with Crippen molar-refractivity contribution in [1.29, 1.82) is 0 Å². The topological polar surface area (TPSA) is 42.2 Å². The minimum Gasteiger partial charge on any atom is -0.375 e. The average molecular weight is 251 g/mol. The summed E-state index contributed by atoms with van der Waals surface area (Å²) in [6.07, 6.45) is 6.37. The van der Waals surface area contributed by atoms with Crippen LogP contribution in [0.1, 0.15) is 49.1 Å². The van der Waals surface area contributed by atoms with Gasteiger partial charge in [0.2, 0.25) is 0 Å². The molecule has 0 saturated carbocycles. The highest BCUT2D eigenvalue weighted by Gasteiger charge is 2.37. The Hall–Kier alpha value is -0.610. The quantitative estimate of drug-likeness (QED) is 0.878. The SMILES string of the molecule is CCCN1CCC[C@@H]2c3nc(N)sc3CC[C@@H]21. The average Bonchev–Trinajstić information content (AvgIpc) is 2.70. The molecule has 2 atom stereocenters. The lowest BCUT2D eigenvalue weighted by atomic mass is 9.79. The van der Waals surface area contributed by atoms with Gasteiger partial charge in [-0.1, -0.05) is 6.92 Å². The van der Waals surface area contributed by atoms with Crippen LogP contribution in [0.25, 0.3) is 0 Å². The zero-order chi connectivity index (χ0) is 11.8. The molecule has 2 N–H and O–H groups in total. The number of piperidine rings is 1. The Morgan fingerprint density at radius 1 is 1.47 bits per heavy atom. The van der Waals surface area contributed by atoms with E-state index in [-0.39, 0.29) is 0 Å². The highest BCUT2D eigenvalue weighted by molar-refractivity contribution is 7.15. The summed E-state index contributed by atoms with van der Waals surface area (Å²) in [5, 5.41) is 0.767. The van der Waals surface area contributed by atoms with Gasteiger partial charge in [-0.05, 0) is 45.2 Å². The smallest absolute Gasteiger partial charge is 0.180 e. The maximum atomic E-state index is 5.87. The van der Waals surface area contributed by atoms with Gasteiger partial charge in [0, 0.05) is 16.8 Å². The molecule has 1 aliphatic heterocycles. The van der Waals surface area contributed by atoms with Crippen LogP contribution in [0.4, 0.5) is 5.13 Å². The molecule has 0 bridgehead atoms. The van der Waals surface area contributed by atoms with Gasteiger partial charge in [0.25, 0.3) is 0 Å². The monoisotopic (exact) mass is 251 g/mol. The van der Waals surface area contributed by atoms with Crippen molar-refractivity contribution in [3.63, 3.8) is 0 Å². The summed E-state index contributed by atoms with van der Waals surface area (Å²) in [4.78, 5) is 8.75. The van der Waals surface area contributed by atoms with Crippen LogP contribution in [0.2, 0.25) is 0 Å². The van der Waals surface area contributed by atoms with Crippen LogP contribution in [0.15, 0.2) is 0 Å². The van der Waals surface area contributed by atoms with Gasteiger partial charge in [0.15, 0.2) is 5.13 Å². The molecule has 1 saturated heterocycles. The molecule has 1 aliphatic carbocycles. The Morgan fingerprint density at radius 3 is 3.18 bits per heavy atom. The van der Waals surface area contributed by atoms with E-state index in [9.17, 15) is 0 Å². The van der Waals surface area contributed by atoms with E-state index >= 15 is 0 Å². The van der Waals surface area contributed by atoms with Gasteiger partial charge in [-0.2, -0.15) is 0 Å². The second-order valence-corrected chi connectivity index (χ2v) is 6.37. The minimum atomic E-state index is 0.660. The van der Waals surface area contributed by atoms with Crippen molar-refractivity contribution in [3.05, 3.63) is 10.6 Å². The molecule has 0 unspecified atom stereocenters. The van der Waals surface area contributed by atoms with E-state index in [1.807, 2.05) is 0 Å². The van der Waals surface area contributed by atoms with E-state index in [0.717, 1.165) is 11.2 Å². The van der Waals surface area contributed by atoms with Crippen molar-refractivity contribution in [2.24, 2.45) is 0 Å². The van der Waals surface area contributed by atoms with Gasteiger partial charge in [-0.15, -0.1) is 11.3 Å². The lowest BCUT2D eigenvalue weighted by Crippen LogP contribution is -2.46. The summed E-state index contributed by atoms with van der Waals surface area (Å²) < 4.78 is 0. The summed E-state index contributed by atoms with van der Waals surface area (Å²) in [7, 11) is 0. The predicted molar refractivity (Wildman–Crippen MR) is 72.5 cm³/mol. The molecule has 3 rings (SSSR count). The maximum absolute atomic E-state index is 5.87.